The molecule has 150 valence electrons. The predicted molar refractivity (Wildman–Crippen MR) is 102 cm³/mol. The fraction of sp³-hybridized carbons (Fsp3) is 0.667. The predicted octanol–water partition coefficient (Wildman–Crippen LogP) is 3.42. The number of nitrogens with zero attached hydrogens (tertiary/aromatic N) is 1. The van der Waals surface area contributed by atoms with Crippen LogP contribution in [0.15, 0.2) is 24.3 Å². The molecule has 1 aliphatic carbocycles. The number of hydrogen-bond acceptors (Lipinski definition) is 4. The molecular formula is C21H31FN2O3. The summed E-state index contributed by atoms with van der Waals surface area (Å²) in [7, 11) is 0. The highest BCUT2D eigenvalue weighted by Gasteiger charge is 2.41. The van der Waals surface area contributed by atoms with Crippen LogP contribution >= 0.6 is 0 Å². The lowest BCUT2D eigenvalue weighted by Gasteiger charge is -2.43. The molecule has 0 aromatic heterocycles. The molecule has 1 heterocycles. The Morgan fingerprint density at radius 2 is 2.11 bits per heavy atom. The number of amides is 1. The maximum absolute atomic E-state index is 13.5. The van der Waals surface area contributed by atoms with Crippen molar-refractivity contribution >= 4 is 6.09 Å². The maximum Gasteiger partial charge on any atom is 0.410 e. The molecule has 1 saturated heterocycles. The Morgan fingerprint density at radius 3 is 2.74 bits per heavy atom. The van der Waals surface area contributed by atoms with Crippen LogP contribution in [0.4, 0.5) is 9.18 Å². The van der Waals surface area contributed by atoms with Crippen molar-refractivity contribution in [3.8, 4) is 0 Å². The second kappa shape index (κ2) is 8.15. The van der Waals surface area contributed by atoms with Crippen molar-refractivity contribution in [3.63, 3.8) is 0 Å². The third kappa shape index (κ3) is 4.79. The Balaban J connectivity index is 1.68. The zero-order valence-corrected chi connectivity index (χ0v) is 16.5. The number of nitrogens with one attached hydrogen (secondary N) is 1. The molecular weight excluding hydrogens is 347 g/mol. The summed E-state index contributed by atoms with van der Waals surface area (Å²) in [6.07, 6.45) is 1.29. The Kier molecular flexibility index (Phi) is 6.06. The van der Waals surface area contributed by atoms with Gasteiger partial charge in [0.1, 0.15) is 11.9 Å². The Labute approximate surface area is 160 Å². The standard InChI is InChI=1S/C21H31FN2O3/c1-21(2,3)24(17-8-5-9-23-13-17)20(26)27-19-12-15(11-18(19)25)14-6-4-7-16(22)10-14/h4,6-7,10,15,17-19,23,25H,5,8-9,11-13H2,1-3H3/t15-,17-,18-,19-/m1/s1. The smallest absolute Gasteiger partial charge is 0.410 e. The first-order valence-electron chi connectivity index (χ1n) is 9.90. The summed E-state index contributed by atoms with van der Waals surface area (Å²) >= 11 is 0. The number of carbonyl (C=O) groups is 1. The topological polar surface area (TPSA) is 61.8 Å². The largest absolute Gasteiger partial charge is 0.443 e. The number of aliphatic hydroxyl groups excluding tert-OH is 1. The second-order valence-electron chi connectivity index (χ2n) is 8.75. The van der Waals surface area contributed by atoms with E-state index in [4.69, 9.17) is 4.74 Å². The van der Waals surface area contributed by atoms with Gasteiger partial charge >= 0.3 is 6.09 Å². The Bertz CT molecular complexity index is 655. The monoisotopic (exact) mass is 378 g/mol. The van der Waals surface area contributed by atoms with E-state index in [0.717, 1.165) is 31.5 Å². The lowest BCUT2D eigenvalue weighted by molar-refractivity contribution is -0.0196. The molecule has 1 amide bonds. The van der Waals surface area contributed by atoms with Crippen molar-refractivity contribution in [2.24, 2.45) is 0 Å². The van der Waals surface area contributed by atoms with Crippen LogP contribution in [0.5, 0.6) is 0 Å². The number of halogens is 1. The molecule has 2 fully saturated rings. The lowest BCUT2D eigenvalue weighted by atomic mass is 9.97. The molecule has 2 N–H and O–H groups in total. The minimum Gasteiger partial charge on any atom is -0.443 e. The van der Waals surface area contributed by atoms with Gasteiger partial charge in [-0.2, -0.15) is 0 Å². The lowest BCUT2D eigenvalue weighted by Crippen LogP contribution is -2.57. The quantitative estimate of drug-likeness (QED) is 0.846. The van der Waals surface area contributed by atoms with E-state index in [9.17, 15) is 14.3 Å². The van der Waals surface area contributed by atoms with Crippen molar-refractivity contribution < 1.29 is 19.0 Å². The van der Waals surface area contributed by atoms with E-state index >= 15 is 0 Å². The van der Waals surface area contributed by atoms with Crippen molar-refractivity contribution in [3.05, 3.63) is 35.6 Å². The maximum atomic E-state index is 13.5. The van der Waals surface area contributed by atoms with Gasteiger partial charge in [0.15, 0.2) is 0 Å². The highest BCUT2D eigenvalue weighted by molar-refractivity contribution is 5.69. The average Bonchev–Trinajstić information content (AvgIpc) is 2.95. The molecule has 6 heteroatoms. The minimum absolute atomic E-state index is 0.00654. The second-order valence-corrected chi connectivity index (χ2v) is 8.75. The van der Waals surface area contributed by atoms with Gasteiger partial charge in [0.2, 0.25) is 0 Å². The van der Waals surface area contributed by atoms with Crippen molar-refractivity contribution in [2.45, 2.75) is 76.2 Å². The number of benzene rings is 1. The van der Waals surface area contributed by atoms with Gasteiger partial charge in [0, 0.05) is 18.1 Å². The zero-order valence-electron chi connectivity index (χ0n) is 16.5. The molecule has 1 aromatic carbocycles. The first kappa shape index (κ1) is 20.1. The summed E-state index contributed by atoms with van der Waals surface area (Å²) < 4.78 is 19.3. The van der Waals surface area contributed by atoms with E-state index in [0.29, 0.717) is 12.8 Å². The number of piperidine rings is 1. The normalized spacial score (nSPS) is 28.8. The van der Waals surface area contributed by atoms with Crippen molar-refractivity contribution in [1.82, 2.24) is 10.2 Å². The first-order valence-corrected chi connectivity index (χ1v) is 9.90. The van der Waals surface area contributed by atoms with Gasteiger partial charge < -0.3 is 15.2 Å². The average molecular weight is 378 g/mol. The molecule has 2 aliphatic rings. The highest BCUT2D eigenvalue weighted by Crippen LogP contribution is 2.37. The van der Waals surface area contributed by atoms with Gasteiger partial charge in [-0.3, -0.25) is 4.90 Å². The van der Waals surface area contributed by atoms with Gasteiger partial charge in [0.25, 0.3) is 0 Å². The molecule has 1 saturated carbocycles. The molecule has 5 nitrogen and oxygen atoms in total. The van der Waals surface area contributed by atoms with Gasteiger partial charge in [0.05, 0.1) is 6.10 Å². The third-order valence-corrected chi connectivity index (χ3v) is 5.60. The summed E-state index contributed by atoms with van der Waals surface area (Å²) in [5.41, 5.74) is 0.475. The molecule has 27 heavy (non-hydrogen) atoms. The van der Waals surface area contributed by atoms with Crippen LogP contribution in [0.2, 0.25) is 0 Å². The molecule has 3 rings (SSSR count). The van der Waals surface area contributed by atoms with Crippen LogP contribution < -0.4 is 5.32 Å². The molecule has 1 aromatic rings. The van der Waals surface area contributed by atoms with E-state index in [1.165, 1.54) is 12.1 Å². The van der Waals surface area contributed by atoms with E-state index in [-0.39, 0.29) is 29.4 Å². The van der Waals surface area contributed by atoms with Crippen molar-refractivity contribution in [2.75, 3.05) is 13.1 Å². The van der Waals surface area contributed by atoms with Crippen LogP contribution in [0, 0.1) is 5.82 Å². The van der Waals surface area contributed by atoms with E-state index in [1.54, 1.807) is 11.0 Å². The summed E-state index contributed by atoms with van der Waals surface area (Å²) in [4.78, 5) is 14.8. The van der Waals surface area contributed by atoms with Crippen LogP contribution in [-0.4, -0.2) is 53.0 Å². The molecule has 0 bridgehead atoms. The van der Waals surface area contributed by atoms with E-state index < -0.39 is 12.2 Å². The number of carbonyl (C=O) groups excluding carboxylic acids is 1. The Hall–Kier alpha value is -1.66. The molecule has 0 unspecified atom stereocenters. The summed E-state index contributed by atoms with van der Waals surface area (Å²) in [6, 6.07) is 6.53. The third-order valence-electron chi connectivity index (χ3n) is 5.60. The molecule has 0 spiro atoms. The number of hydrogen-bond donors (Lipinski definition) is 2. The highest BCUT2D eigenvalue weighted by atomic mass is 19.1. The van der Waals surface area contributed by atoms with Crippen LogP contribution in [0.25, 0.3) is 0 Å². The van der Waals surface area contributed by atoms with E-state index in [2.05, 4.69) is 5.32 Å². The summed E-state index contributed by atoms with van der Waals surface area (Å²) in [5.74, 6) is -0.293. The van der Waals surface area contributed by atoms with Gasteiger partial charge in [-0.05, 0) is 76.6 Å². The summed E-state index contributed by atoms with van der Waals surface area (Å²) in [5, 5.41) is 13.8. The molecule has 1 aliphatic heterocycles. The number of rotatable bonds is 3. The zero-order chi connectivity index (χ0) is 19.6. The van der Waals surface area contributed by atoms with Gasteiger partial charge in [-0.15, -0.1) is 0 Å². The molecule has 0 radical (unpaired) electrons. The van der Waals surface area contributed by atoms with Gasteiger partial charge in [-0.25, -0.2) is 9.18 Å². The Morgan fingerprint density at radius 1 is 1.33 bits per heavy atom. The van der Waals surface area contributed by atoms with Crippen LogP contribution in [-0.2, 0) is 4.74 Å². The number of ether oxygens (including phenoxy) is 1. The fourth-order valence-electron chi connectivity index (χ4n) is 4.35. The van der Waals surface area contributed by atoms with E-state index in [1.807, 2.05) is 26.8 Å². The van der Waals surface area contributed by atoms with Gasteiger partial charge in [-0.1, -0.05) is 12.1 Å². The van der Waals surface area contributed by atoms with Crippen LogP contribution in [0.1, 0.15) is 57.9 Å². The molecule has 4 atom stereocenters. The van der Waals surface area contributed by atoms with Crippen LogP contribution in [0.3, 0.4) is 0 Å². The van der Waals surface area contributed by atoms with Crippen molar-refractivity contribution in [1.29, 1.82) is 0 Å². The fourth-order valence-corrected chi connectivity index (χ4v) is 4.35. The minimum atomic E-state index is -0.728. The first-order chi connectivity index (χ1) is 12.8. The SMILES string of the molecule is CC(C)(C)N(C(=O)O[C@@H]1C[C@H](c2cccc(F)c2)C[C@H]1O)[C@@H]1CCCNC1. The summed E-state index contributed by atoms with van der Waals surface area (Å²) in [6.45, 7) is 7.74. The number of aliphatic hydroxyl groups is 1.